The van der Waals surface area contributed by atoms with Crippen molar-refractivity contribution in [2.45, 2.75) is 45.6 Å². The fourth-order valence-electron chi connectivity index (χ4n) is 4.91. The van der Waals surface area contributed by atoms with Gasteiger partial charge in [-0.3, -0.25) is 19.3 Å². The molecule has 3 heterocycles. The number of allylic oxidation sites excluding steroid dienone is 2. The third kappa shape index (κ3) is 4.08. The van der Waals surface area contributed by atoms with E-state index in [-0.39, 0.29) is 35.5 Å². The van der Waals surface area contributed by atoms with Crippen LogP contribution in [0, 0.1) is 17.8 Å². The Morgan fingerprint density at radius 3 is 2.64 bits per heavy atom. The van der Waals surface area contributed by atoms with Gasteiger partial charge in [0.05, 0.1) is 24.1 Å². The van der Waals surface area contributed by atoms with Crippen molar-refractivity contribution in [1.29, 1.82) is 0 Å². The summed E-state index contributed by atoms with van der Waals surface area (Å²) in [7, 11) is 0. The summed E-state index contributed by atoms with van der Waals surface area (Å²) in [5.74, 6) is -0.455. The third-order valence-electron chi connectivity index (χ3n) is 6.57. The van der Waals surface area contributed by atoms with Gasteiger partial charge in [0.1, 0.15) is 11.8 Å². The maximum Gasteiger partial charge on any atom is 0.249 e. The molecule has 3 unspecified atom stereocenters. The van der Waals surface area contributed by atoms with Gasteiger partial charge < -0.3 is 10.1 Å². The fourth-order valence-corrected chi connectivity index (χ4v) is 5.63. The summed E-state index contributed by atoms with van der Waals surface area (Å²) in [5, 5.41) is 5.23. The summed E-state index contributed by atoms with van der Waals surface area (Å²) in [4.78, 5) is 45.3. The van der Waals surface area contributed by atoms with E-state index in [0.717, 1.165) is 29.0 Å². The molecule has 0 spiro atoms. The number of hydrogen-bond acceptors (Lipinski definition) is 6. The van der Waals surface area contributed by atoms with Gasteiger partial charge in [-0.15, -0.1) is 11.3 Å². The Balaban J connectivity index is 1.35. The number of thiazole rings is 1. The van der Waals surface area contributed by atoms with Crippen molar-refractivity contribution < 1.29 is 19.1 Å². The highest BCUT2D eigenvalue weighted by Crippen LogP contribution is 2.37. The Labute approximate surface area is 196 Å². The first-order valence-corrected chi connectivity index (χ1v) is 12.3. The van der Waals surface area contributed by atoms with E-state index < -0.39 is 6.04 Å². The summed E-state index contributed by atoms with van der Waals surface area (Å²) < 4.78 is 5.57. The number of carbonyl (C=O) groups is 3. The molecular formula is C25H27N3O4S. The van der Waals surface area contributed by atoms with Crippen molar-refractivity contribution in [3.8, 4) is 17.0 Å². The lowest BCUT2D eigenvalue weighted by molar-refractivity contribution is -0.147. The van der Waals surface area contributed by atoms with Crippen LogP contribution < -0.4 is 10.1 Å². The highest BCUT2D eigenvalue weighted by molar-refractivity contribution is 7.14. The molecule has 1 N–H and O–H groups in total. The molecule has 0 saturated carbocycles. The number of carbonyl (C=O) groups excluding carboxylic acids is 3. The van der Waals surface area contributed by atoms with E-state index in [0.29, 0.717) is 31.0 Å². The lowest BCUT2D eigenvalue weighted by Gasteiger charge is -2.27. The average molecular weight is 466 g/mol. The Morgan fingerprint density at radius 1 is 1.21 bits per heavy atom. The minimum absolute atomic E-state index is 0.141. The SMILES string of the molecule is CC(C)CC(C(=O)Nc1nc(-c2ccc3c(c2)CCO3)cs1)N1C(=O)C2CC=CCC2C1=O. The molecule has 3 amide bonds. The molecule has 3 aliphatic rings. The van der Waals surface area contributed by atoms with E-state index in [9.17, 15) is 14.4 Å². The fraction of sp³-hybridized carbons (Fsp3) is 0.440. The second-order valence-electron chi connectivity index (χ2n) is 9.30. The molecule has 1 aromatic carbocycles. The molecule has 2 aromatic rings. The summed E-state index contributed by atoms with van der Waals surface area (Å²) in [6.07, 6.45) is 6.32. The van der Waals surface area contributed by atoms with E-state index in [1.165, 1.54) is 16.2 Å². The molecule has 172 valence electrons. The van der Waals surface area contributed by atoms with Crippen molar-refractivity contribution >= 4 is 34.2 Å². The van der Waals surface area contributed by atoms with Gasteiger partial charge in [-0.1, -0.05) is 26.0 Å². The van der Waals surface area contributed by atoms with Gasteiger partial charge in [0, 0.05) is 17.4 Å². The van der Waals surface area contributed by atoms with Crippen LogP contribution in [0.5, 0.6) is 5.75 Å². The van der Waals surface area contributed by atoms with E-state index >= 15 is 0 Å². The molecule has 7 nitrogen and oxygen atoms in total. The second kappa shape index (κ2) is 8.74. The summed E-state index contributed by atoms with van der Waals surface area (Å²) in [6.45, 7) is 4.66. The van der Waals surface area contributed by atoms with Crippen molar-refractivity contribution in [1.82, 2.24) is 9.88 Å². The van der Waals surface area contributed by atoms with Crippen molar-refractivity contribution in [3.63, 3.8) is 0 Å². The van der Waals surface area contributed by atoms with Gasteiger partial charge in [0.2, 0.25) is 17.7 Å². The Bertz CT molecular complexity index is 1110. The molecule has 8 heteroatoms. The monoisotopic (exact) mass is 465 g/mol. The maximum absolute atomic E-state index is 13.3. The van der Waals surface area contributed by atoms with Crippen LogP contribution >= 0.6 is 11.3 Å². The maximum atomic E-state index is 13.3. The highest BCUT2D eigenvalue weighted by Gasteiger charge is 2.51. The number of benzene rings is 1. The Hall–Kier alpha value is -3.00. The number of fused-ring (bicyclic) bond motifs is 2. The van der Waals surface area contributed by atoms with Crippen LogP contribution in [0.3, 0.4) is 0 Å². The first-order valence-electron chi connectivity index (χ1n) is 11.5. The average Bonchev–Trinajstić information content (AvgIpc) is 3.51. The number of likely N-dealkylation sites (tertiary alicyclic amines) is 1. The summed E-state index contributed by atoms with van der Waals surface area (Å²) in [6, 6.07) is 5.15. The number of ether oxygens (including phenoxy) is 1. The van der Waals surface area contributed by atoms with Crippen molar-refractivity contribution in [3.05, 3.63) is 41.3 Å². The number of rotatable bonds is 6. The van der Waals surface area contributed by atoms with E-state index in [4.69, 9.17) is 4.74 Å². The number of imide groups is 1. The van der Waals surface area contributed by atoms with Crippen LogP contribution in [-0.2, 0) is 20.8 Å². The number of amides is 3. The molecule has 3 atom stereocenters. The number of nitrogens with zero attached hydrogens (tertiary/aromatic N) is 2. The molecule has 33 heavy (non-hydrogen) atoms. The molecule has 1 fully saturated rings. The van der Waals surface area contributed by atoms with E-state index in [1.807, 2.05) is 43.5 Å². The minimum atomic E-state index is -0.833. The molecule has 5 rings (SSSR count). The minimum Gasteiger partial charge on any atom is -0.493 e. The Kier molecular flexibility index (Phi) is 5.78. The first kappa shape index (κ1) is 21.8. The molecule has 0 bridgehead atoms. The number of anilines is 1. The van der Waals surface area contributed by atoms with E-state index in [1.54, 1.807) is 0 Å². The number of hydrogen-bond donors (Lipinski definition) is 1. The zero-order valence-corrected chi connectivity index (χ0v) is 19.6. The molecular weight excluding hydrogens is 438 g/mol. The molecule has 1 aliphatic carbocycles. The van der Waals surface area contributed by atoms with E-state index in [2.05, 4.69) is 16.4 Å². The normalized spacial score (nSPS) is 22.3. The molecule has 1 saturated heterocycles. The van der Waals surface area contributed by atoms with Crippen LogP contribution in [0.2, 0.25) is 0 Å². The zero-order valence-electron chi connectivity index (χ0n) is 18.7. The molecule has 1 aromatic heterocycles. The van der Waals surface area contributed by atoms with Gasteiger partial charge in [0.15, 0.2) is 5.13 Å². The quantitative estimate of drug-likeness (QED) is 0.514. The topological polar surface area (TPSA) is 88.6 Å². The van der Waals surface area contributed by atoms with Crippen LogP contribution in [0.15, 0.2) is 35.7 Å². The smallest absolute Gasteiger partial charge is 0.249 e. The summed E-state index contributed by atoms with van der Waals surface area (Å²) in [5.41, 5.74) is 2.90. The summed E-state index contributed by atoms with van der Waals surface area (Å²) >= 11 is 1.33. The molecule has 2 aliphatic heterocycles. The predicted molar refractivity (Wildman–Crippen MR) is 126 cm³/mol. The second-order valence-corrected chi connectivity index (χ2v) is 10.2. The Morgan fingerprint density at radius 2 is 1.94 bits per heavy atom. The van der Waals surface area contributed by atoms with Gasteiger partial charge in [-0.05, 0) is 48.9 Å². The third-order valence-corrected chi connectivity index (χ3v) is 7.33. The van der Waals surface area contributed by atoms with Gasteiger partial charge in [-0.25, -0.2) is 4.98 Å². The zero-order chi connectivity index (χ0) is 23.1. The molecule has 0 radical (unpaired) electrons. The van der Waals surface area contributed by atoms with Crippen molar-refractivity contribution in [2.75, 3.05) is 11.9 Å². The van der Waals surface area contributed by atoms with Crippen molar-refractivity contribution in [2.24, 2.45) is 17.8 Å². The van der Waals surface area contributed by atoms with Gasteiger partial charge in [-0.2, -0.15) is 0 Å². The lowest BCUT2D eigenvalue weighted by Crippen LogP contribution is -2.48. The largest absolute Gasteiger partial charge is 0.493 e. The van der Waals surface area contributed by atoms with Crippen LogP contribution in [-0.4, -0.2) is 40.3 Å². The number of aromatic nitrogens is 1. The van der Waals surface area contributed by atoms with Crippen LogP contribution in [0.1, 0.15) is 38.7 Å². The highest BCUT2D eigenvalue weighted by atomic mass is 32.1. The van der Waals surface area contributed by atoms with Gasteiger partial charge >= 0.3 is 0 Å². The standard InChI is InChI=1S/C25H27N3O4S/c1-14(2)11-20(28-23(30)17-5-3-4-6-18(17)24(28)31)22(29)27-25-26-19(13-33-25)15-7-8-21-16(12-15)9-10-32-21/h3-4,7-8,12-14,17-18,20H,5-6,9-11H2,1-2H3,(H,26,27,29). The van der Waals surface area contributed by atoms with Gasteiger partial charge in [0.25, 0.3) is 0 Å². The van der Waals surface area contributed by atoms with Crippen LogP contribution in [0.25, 0.3) is 11.3 Å². The first-order chi connectivity index (χ1) is 15.9. The van der Waals surface area contributed by atoms with Crippen LogP contribution in [0.4, 0.5) is 5.13 Å². The predicted octanol–water partition coefficient (Wildman–Crippen LogP) is 4.05. The number of nitrogens with one attached hydrogen (secondary N) is 1. The lowest BCUT2D eigenvalue weighted by atomic mass is 9.85.